The van der Waals surface area contributed by atoms with Crippen molar-refractivity contribution in [2.45, 2.75) is 37.6 Å². The van der Waals surface area contributed by atoms with Gasteiger partial charge in [-0.15, -0.1) is 6.58 Å². The molecule has 2 nitrogen and oxygen atoms in total. The third-order valence-electron chi connectivity index (χ3n) is 5.33. The standard InChI is InChI=1S/C17H19NO/c1-2-6-15(19)18-14-10-4-3-7-13(14)16-11-8-5-9-12(11)17(16)18/h2-4,7,10-12,16-17H,1,5-6,8-9H2. The minimum absolute atomic E-state index is 0.222. The maximum absolute atomic E-state index is 12.4. The van der Waals surface area contributed by atoms with Crippen molar-refractivity contribution in [1.29, 1.82) is 0 Å². The van der Waals surface area contributed by atoms with Crippen LogP contribution in [-0.4, -0.2) is 11.9 Å². The fraction of sp³-hybridized carbons (Fsp3) is 0.471. The molecule has 1 aliphatic heterocycles. The smallest absolute Gasteiger partial charge is 0.231 e. The predicted octanol–water partition coefficient (Wildman–Crippen LogP) is 3.49. The molecule has 0 bridgehead atoms. The highest BCUT2D eigenvalue weighted by Crippen LogP contribution is 2.63. The van der Waals surface area contributed by atoms with Gasteiger partial charge in [0.25, 0.3) is 0 Å². The van der Waals surface area contributed by atoms with Crippen LogP contribution in [0.25, 0.3) is 0 Å². The summed E-state index contributed by atoms with van der Waals surface area (Å²) < 4.78 is 0. The van der Waals surface area contributed by atoms with Gasteiger partial charge in [0.1, 0.15) is 0 Å². The zero-order chi connectivity index (χ0) is 13.0. The van der Waals surface area contributed by atoms with E-state index < -0.39 is 0 Å². The summed E-state index contributed by atoms with van der Waals surface area (Å²) in [4.78, 5) is 14.5. The third kappa shape index (κ3) is 1.35. The molecule has 1 amide bonds. The Morgan fingerprint density at radius 2 is 2.11 bits per heavy atom. The monoisotopic (exact) mass is 253 g/mol. The van der Waals surface area contributed by atoms with Crippen LogP contribution in [0, 0.1) is 11.8 Å². The van der Waals surface area contributed by atoms with Crippen molar-refractivity contribution in [3.8, 4) is 0 Å². The van der Waals surface area contributed by atoms with E-state index in [1.54, 1.807) is 6.08 Å². The van der Waals surface area contributed by atoms with Crippen LogP contribution in [0.1, 0.15) is 37.2 Å². The quantitative estimate of drug-likeness (QED) is 0.739. The molecule has 2 aliphatic carbocycles. The number of para-hydroxylation sites is 1. The first-order valence-electron chi connectivity index (χ1n) is 7.35. The minimum atomic E-state index is 0.222. The number of carbonyl (C=O) groups is 1. The molecule has 1 aromatic rings. The third-order valence-corrected chi connectivity index (χ3v) is 5.33. The number of hydrogen-bond acceptors (Lipinski definition) is 1. The Bertz CT molecular complexity index is 550. The van der Waals surface area contributed by atoms with Crippen molar-refractivity contribution in [3.05, 3.63) is 42.5 Å². The summed E-state index contributed by atoms with van der Waals surface area (Å²) in [7, 11) is 0. The van der Waals surface area contributed by atoms with Gasteiger partial charge < -0.3 is 4.90 Å². The van der Waals surface area contributed by atoms with E-state index in [0.717, 1.165) is 11.8 Å². The van der Waals surface area contributed by atoms with Crippen LogP contribution in [0.5, 0.6) is 0 Å². The van der Waals surface area contributed by atoms with E-state index in [1.165, 1.54) is 30.5 Å². The van der Waals surface area contributed by atoms with Crippen molar-refractivity contribution in [2.24, 2.45) is 11.8 Å². The summed E-state index contributed by atoms with van der Waals surface area (Å²) in [6, 6.07) is 8.94. The van der Waals surface area contributed by atoms with Crippen LogP contribution in [0.3, 0.4) is 0 Å². The van der Waals surface area contributed by atoms with Gasteiger partial charge in [-0.2, -0.15) is 0 Å². The Hall–Kier alpha value is -1.57. The Labute approximate surface area is 114 Å². The molecule has 0 saturated heterocycles. The lowest BCUT2D eigenvalue weighted by Gasteiger charge is -2.48. The highest BCUT2D eigenvalue weighted by atomic mass is 16.2. The van der Waals surface area contributed by atoms with Crippen molar-refractivity contribution in [3.63, 3.8) is 0 Å². The number of carbonyl (C=O) groups excluding carboxylic acids is 1. The first-order chi connectivity index (χ1) is 9.33. The zero-order valence-electron chi connectivity index (χ0n) is 11.1. The molecule has 2 saturated carbocycles. The first-order valence-corrected chi connectivity index (χ1v) is 7.35. The summed E-state index contributed by atoms with van der Waals surface area (Å²) >= 11 is 0. The SMILES string of the molecule is C=CCC(=O)N1c2ccccc2C2C3CCCC3C21. The molecule has 0 N–H and O–H groups in total. The maximum Gasteiger partial charge on any atom is 0.231 e. The Morgan fingerprint density at radius 1 is 1.32 bits per heavy atom. The van der Waals surface area contributed by atoms with E-state index in [4.69, 9.17) is 0 Å². The van der Waals surface area contributed by atoms with E-state index in [9.17, 15) is 4.79 Å². The molecule has 0 radical (unpaired) electrons. The molecule has 4 rings (SSSR count). The number of rotatable bonds is 2. The van der Waals surface area contributed by atoms with E-state index in [2.05, 4.69) is 29.7 Å². The highest BCUT2D eigenvalue weighted by molar-refractivity contribution is 5.98. The second kappa shape index (κ2) is 3.96. The van der Waals surface area contributed by atoms with Crippen molar-refractivity contribution >= 4 is 11.6 Å². The number of fused-ring (bicyclic) bond motifs is 6. The van der Waals surface area contributed by atoms with E-state index in [1.807, 2.05) is 6.07 Å². The molecule has 3 aliphatic rings. The predicted molar refractivity (Wildman–Crippen MR) is 76.1 cm³/mol. The van der Waals surface area contributed by atoms with Gasteiger partial charge in [-0.3, -0.25) is 4.79 Å². The first kappa shape index (κ1) is 11.3. The maximum atomic E-state index is 12.4. The Morgan fingerprint density at radius 3 is 2.95 bits per heavy atom. The topological polar surface area (TPSA) is 20.3 Å². The number of hydrogen-bond donors (Lipinski definition) is 0. The van der Waals surface area contributed by atoms with Gasteiger partial charge in [0.2, 0.25) is 5.91 Å². The average Bonchev–Trinajstić information content (AvgIpc) is 2.92. The van der Waals surface area contributed by atoms with Crippen molar-refractivity contribution < 1.29 is 4.79 Å². The van der Waals surface area contributed by atoms with E-state index >= 15 is 0 Å². The van der Waals surface area contributed by atoms with Crippen LogP contribution in [-0.2, 0) is 4.79 Å². The van der Waals surface area contributed by atoms with Crippen LogP contribution in [0.4, 0.5) is 5.69 Å². The second-order valence-corrected chi connectivity index (χ2v) is 6.09. The summed E-state index contributed by atoms with van der Waals surface area (Å²) in [6.07, 6.45) is 6.17. The normalized spacial score (nSPS) is 34.2. The molecule has 0 aromatic heterocycles. The summed E-state index contributed by atoms with van der Waals surface area (Å²) in [5.41, 5.74) is 2.58. The summed E-state index contributed by atoms with van der Waals surface area (Å²) in [6.45, 7) is 3.71. The van der Waals surface area contributed by atoms with E-state index in [-0.39, 0.29) is 5.91 Å². The molecule has 1 aromatic carbocycles. The van der Waals surface area contributed by atoms with Gasteiger partial charge in [0, 0.05) is 24.1 Å². The van der Waals surface area contributed by atoms with Crippen molar-refractivity contribution in [1.82, 2.24) is 0 Å². The molecule has 4 atom stereocenters. The van der Waals surface area contributed by atoms with Gasteiger partial charge in [-0.05, 0) is 36.3 Å². The molecule has 1 heterocycles. The molecule has 0 spiro atoms. The lowest BCUT2D eigenvalue weighted by molar-refractivity contribution is -0.119. The lowest BCUT2D eigenvalue weighted by Crippen LogP contribution is -2.54. The van der Waals surface area contributed by atoms with Gasteiger partial charge in [0.15, 0.2) is 0 Å². The summed E-state index contributed by atoms with van der Waals surface area (Å²) in [5, 5.41) is 0. The molecule has 19 heavy (non-hydrogen) atoms. The number of amides is 1. The van der Waals surface area contributed by atoms with Crippen LogP contribution >= 0.6 is 0 Å². The lowest BCUT2D eigenvalue weighted by atomic mass is 9.61. The van der Waals surface area contributed by atoms with Gasteiger partial charge in [-0.25, -0.2) is 0 Å². The fourth-order valence-electron chi connectivity index (χ4n) is 4.70. The Kier molecular flexibility index (Phi) is 2.35. The number of anilines is 1. The molecular weight excluding hydrogens is 234 g/mol. The fourth-order valence-corrected chi connectivity index (χ4v) is 4.70. The molecule has 98 valence electrons. The summed E-state index contributed by atoms with van der Waals surface area (Å²) in [5.74, 6) is 2.40. The average molecular weight is 253 g/mol. The second-order valence-electron chi connectivity index (χ2n) is 6.09. The van der Waals surface area contributed by atoms with Crippen LogP contribution in [0.15, 0.2) is 36.9 Å². The molecular formula is C17H19NO. The largest absolute Gasteiger partial charge is 0.308 e. The molecule has 4 unspecified atom stereocenters. The zero-order valence-corrected chi connectivity index (χ0v) is 11.1. The number of nitrogens with zero attached hydrogens (tertiary/aromatic N) is 1. The van der Waals surface area contributed by atoms with Gasteiger partial charge in [0.05, 0.1) is 0 Å². The van der Waals surface area contributed by atoms with Gasteiger partial charge in [-0.1, -0.05) is 30.7 Å². The van der Waals surface area contributed by atoms with Gasteiger partial charge >= 0.3 is 0 Å². The minimum Gasteiger partial charge on any atom is -0.308 e. The molecule has 2 fully saturated rings. The Balaban J connectivity index is 1.77. The highest BCUT2D eigenvalue weighted by Gasteiger charge is 2.60. The van der Waals surface area contributed by atoms with Crippen molar-refractivity contribution in [2.75, 3.05) is 4.90 Å². The van der Waals surface area contributed by atoms with E-state index in [0.29, 0.717) is 18.4 Å². The van der Waals surface area contributed by atoms with Crippen LogP contribution in [0.2, 0.25) is 0 Å². The number of benzene rings is 1. The van der Waals surface area contributed by atoms with Crippen LogP contribution < -0.4 is 4.90 Å². The molecule has 2 heteroatoms.